The molecule has 2 aromatic rings. The Morgan fingerprint density at radius 1 is 1.03 bits per heavy atom. The SMILES string of the molecule is CC(C)N(C)CCCNC(=O)C(CCC(=O)O)NC(=O)OCC1c2ccccc2-c2ccccc21. The van der Waals surface area contributed by atoms with Crippen molar-refractivity contribution in [2.45, 2.75) is 51.1 Å². The summed E-state index contributed by atoms with van der Waals surface area (Å²) in [6, 6.07) is 15.5. The lowest BCUT2D eigenvalue weighted by atomic mass is 9.98. The number of carbonyl (C=O) groups is 3. The fraction of sp³-hybridized carbons (Fsp3) is 0.444. The Bertz CT molecular complexity index is 993. The predicted octanol–water partition coefficient (Wildman–Crippen LogP) is 3.61. The summed E-state index contributed by atoms with van der Waals surface area (Å²) in [6.45, 7) is 5.57. The largest absolute Gasteiger partial charge is 0.481 e. The number of hydrogen-bond acceptors (Lipinski definition) is 5. The smallest absolute Gasteiger partial charge is 0.407 e. The van der Waals surface area contributed by atoms with E-state index in [0.29, 0.717) is 12.6 Å². The summed E-state index contributed by atoms with van der Waals surface area (Å²) in [4.78, 5) is 38.5. The van der Waals surface area contributed by atoms with Crippen molar-refractivity contribution >= 4 is 18.0 Å². The molecule has 0 saturated carbocycles. The second kappa shape index (κ2) is 12.4. The van der Waals surface area contributed by atoms with Crippen LogP contribution in [0.15, 0.2) is 48.5 Å². The highest BCUT2D eigenvalue weighted by Crippen LogP contribution is 2.44. The van der Waals surface area contributed by atoms with Gasteiger partial charge < -0.3 is 25.4 Å². The molecule has 0 bridgehead atoms. The van der Waals surface area contributed by atoms with E-state index in [2.05, 4.69) is 41.5 Å². The van der Waals surface area contributed by atoms with Crippen LogP contribution >= 0.6 is 0 Å². The first kappa shape index (κ1) is 26.2. The van der Waals surface area contributed by atoms with E-state index in [1.807, 2.05) is 43.4 Å². The molecule has 0 heterocycles. The molecular formula is C27H35N3O5. The third-order valence-corrected chi connectivity index (χ3v) is 6.47. The molecule has 0 spiro atoms. The van der Waals surface area contributed by atoms with Gasteiger partial charge in [0.1, 0.15) is 12.6 Å². The summed E-state index contributed by atoms with van der Waals surface area (Å²) in [5.41, 5.74) is 4.43. The van der Waals surface area contributed by atoms with Crippen LogP contribution in [0.3, 0.4) is 0 Å². The lowest BCUT2D eigenvalue weighted by Gasteiger charge is -2.22. The number of rotatable bonds is 12. The molecule has 1 atom stereocenters. The lowest BCUT2D eigenvalue weighted by molar-refractivity contribution is -0.137. The van der Waals surface area contributed by atoms with Gasteiger partial charge >= 0.3 is 12.1 Å². The summed E-state index contributed by atoms with van der Waals surface area (Å²) in [5, 5.41) is 14.4. The maximum Gasteiger partial charge on any atom is 0.407 e. The third-order valence-electron chi connectivity index (χ3n) is 6.47. The maximum absolute atomic E-state index is 12.7. The van der Waals surface area contributed by atoms with E-state index in [9.17, 15) is 14.4 Å². The molecule has 0 aliphatic heterocycles. The Labute approximate surface area is 206 Å². The van der Waals surface area contributed by atoms with Crippen LogP contribution in [0.5, 0.6) is 0 Å². The molecule has 0 fully saturated rings. The molecule has 3 N–H and O–H groups in total. The van der Waals surface area contributed by atoms with E-state index in [1.54, 1.807) is 0 Å². The highest BCUT2D eigenvalue weighted by Gasteiger charge is 2.30. The third kappa shape index (κ3) is 7.05. The van der Waals surface area contributed by atoms with E-state index >= 15 is 0 Å². The molecule has 1 unspecified atom stereocenters. The van der Waals surface area contributed by atoms with Gasteiger partial charge in [0.05, 0.1) is 0 Å². The zero-order valence-electron chi connectivity index (χ0n) is 20.6. The predicted molar refractivity (Wildman–Crippen MR) is 134 cm³/mol. The van der Waals surface area contributed by atoms with Gasteiger partial charge in [0, 0.05) is 24.9 Å². The lowest BCUT2D eigenvalue weighted by Crippen LogP contribution is -2.47. The van der Waals surface area contributed by atoms with Gasteiger partial charge in [-0.25, -0.2) is 4.79 Å². The average molecular weight is 482 g/mol. The van der Waals surface area contributed by atoms with Gasteiger partial charge in [-0.2, -0.15) is 0 Å². The van der Waals surface area contributed by atoms with Crippen LogP contribution in [-0.2, 0) is 14.3 Å². The molecule has 0 saturated heterocycles. The first-order chi connectivity index (χ1) is 16.8. The van der Waals surface area contributed by atoms with Crippen LogP contribution in [0, 0.1) is 0 Å². The number of carboxylic acid groups (broad SMARTS) is 1. The van der Waals surface area contributed by atoms with E-state index in [4.69, 9.17) is 9.84 Å². The molecule has 35 heavy (non-hydrogen) atoms. The van der Waals surface area contributed by atoms with Crippen LogP contribution < -0.4 is 10.6 Å². The Kier molecular flexibility index (Phi) is 9.25. The minimum Gasteiger partial charge on any atom is -0.481 e. The van der Waals surface area contributed by atoms with Crippen molar-refractivity contribution in [2.24, 2.45) is 0 Å². The number of hydrogen-bond donors (Lipinski definition) is 3. The fourth-order valence-corrected chi connectivity index (χ4v) is 4.24. The number of benzene rings is 2. The van der Waals surface area contributed by atoms with E-state index in [-0.39, 0.29) is 25.4 Å². The van der Waals surface area contributed by atoms with Crippen molar-refractivity contribution in [3.63, 3.8) is 0 Å². The van der Waals surface area contributed by atoms with Crippen LogP contribution in [0.1, 0.15) is 50.2 Å². The van der Waals surface area contributed by atoms with Crippen LogP contribution in [0.4, 0.5) is 4.79 Å². The molecule has 0 aromatic heterocycles. The maximum atomic E-state index is 12.7. The molecule has 0 radical (unpaired) electrons. The Morgan fingerprint density at radius 2 is 1.63 bits per heavy atom. The topological polar surface area (TPSA) is 108 Å². The van der Waals surface area contributed by atoms with Crippen LogP contribution in [0.2, 0.25) is 0 Å². The minimum absolute atomic E-state index is 0.0166. The zero-order chi connectivity index (χ0) is 25.4. The molecular weight excluding hydrogens is 446 g/mol. The molecule has 3 rings (SSSR count). The summed E-state index contributed by atoms with van der Waals surface area (Å²) >= 11 is 0. The molecule has 8 heteroatoms. The van der Waals surface area contributed by atoms with Crippen molar-refractivity contribution in [2.75, 3.05) is 26.7 Å². The first-order valence-electron chi connectivity index (χ1n) is 12.1. The highest BCUT2D eigenvalue weighted by molar-refractivity contribution is 5.86. The van der Waals surface area contributed by atoms with Crippen molar-refractivity contribution in [3.05, 3.63) is 59.7 Å². The molecule has 8 nitrogen and oxygen atoms in total. The fourth-order valence-electron chi connectivity index (χ4n) is 4.24. The quantitative estimate of drug-likeness (QED) is 0.400. The van der Waals surface area contributed by atoms with Gasteiger partial charge in [0.15, 0.2) is 0 Å². The molecule has 1 aliphatic rings. The van der Waals surface area contributed by atoms with Crippen molar-refractivity contribution < 1.29 is 24.2 Å². The first-order valence-corrected chi connectivity index (χ1v) is 12.1. The van der Waals surface area contributed by atoms with Gasteiger partial charge in [0.2, 0.25) is 5.91 Å². The number of aliphatic carboxylic acids is 1. The van der Waals surface area contributed by atoms with Crippen molar-refractivity contribution in [3.8, 4) is 11.1 Å². The van der Waals surface area contributed by atoms with Gasteiger partial charge in [-0.3, -0.25) is 9.59 Å². The summed E-state index contributed by atoms with van der Waals surface area (Å²) < 4.78 is 5.53. The van der Waals surface area contributed by atoms with Gasteiger partial charge in [-0.1, -0.05) is 48.5 Å². The monoisotopic (exact) mass is 481 g/mol. The van der Waals surface area contributed by atoms with E-state index in [1.165, 1.54) is 0 Å². The van der Waals surface area contributed by atoms with Crippen LogP contribution in [-0.4, -0.2) is 66.8 Å². The summed E-state index contributed by atoms with van der Waals surface area (Å²) in [7, 11) is 2.01. The number of carboxylic acids is 1. The van der Waals surface area contributed by atoms with E-state index < -0.39 is 24.0 Å². The number of fused-ring (bicyclic) bond motifs is 3. The van der Waals surface area contributed by atoms with Crippen molar-refractivity contribution in [1.82, 2.24) is 15.5 Å². The molecule has 188 valence electrons. The van der Waals surface area contributed by atoms with E-state index in [0.717, 1.165) is 35.2 Å². The second-order valence-corrected chi connectivity index (χ2v) is 9.17. The van der Waals surface area contributed by atoms with Gasteiger partial charge in [0.25, 0.3) is 0 Å². The molecule has 2 amide bonds. The number of amides is 2. The summed E-state index contributed by atoms with van der Waals surface area (Å²) in [6.07, 6.45) is -0.247. The number of ether oxygens (including phenoxy) is 1. The normalized spacial score (nSPS) is 13.3. The van der Waals surface area contributed by atoms with Crippen LogP contribution in [0.25, 0.3) is 11.1 Å². The standard InChI is InChI=1S/C27H35N3O5/c1-18(2)30(3)16-8-15-28-26(33)24(13-14-25(31)32)29-27(34)35-17-23-21-11-6-4-9-19(21)20-10-5-7-12-22(20)23/h4-7,9-12,18,23-24H,8,13-17H2,1-3H3,(H,28,33)(H,29,34)(H,31,32). The summed E-state index contributed by atoms with van der Waals surface area (Å²) in [5.74, 6) is -1.54. The number of alkyl carbamates (subject to hydrolysis) is 1. The van der Waals surface area contributed by atoms with Gasteiger partial charge in [-0.15, -0.1) is 0 Å². The molecule has 2 aromatic carbocycles. The second-order valence-electron chi connectivity index (χ2n) is 9.17. The molecule has 1 aliphatic carbocycles. The Hall–Kier alpha value is -3.39. The Morgan fingerprint density at radius 3 is 2.20 bits per heavy atom. The zero-order valence-corrected chi connectivity index (χ0v) is 20.6. The van der Waals surface area contributed by atoms with Gasteiger partial charge in [-0.05, 0) is 62.5 Å². The minimum atomic E-state index is -1.03. The number of carbonyl (C=O) groups excluding carboxylic acids is 2. The Balaban J connectivity index is 1.57. The highest BCUT2D eigenvalue weighted by atomic mass is 16.5. The number of nitrogens with one attached hydrogen (secondary N) is 2. The average Bonchev–Trinajstić information content (AvgIpc) is 3.16. The number of nitrogens with zero attached hydrogens (tertiary/aromatic N) is 1. The van der Waals surface area contributed by atoms with Crippen molar-refractivity contribution in [1.29, 1.82) is 0 Å².